The molecule has 0 saturated carbocycles. The van der Waals surface area contributed by atoms with Gasteiger partial charge in [0.1, 0.15) is 11.4 Å². The van der Waals surface area contributed by atoms with E-state index < -0.39 is 0 Å². The van der Waals surface area contributed by atoms with Crippen molar-refractivity contribution in [2.24, 2.45) is 7.05 Å². The second-order valence-electron chi connectivity index (χ2n) is 7.49. The van der Waals surface area contributed by atoms with Crippen LogP contribution in [0.25, 0.3) is 21.8 Å². The van der Waals surface area contributed by atoms with Crippen LogP contribution in [0.15, 0.2) is 48.5 Å². The van der Waals surface area contributed by atoms with Crippen LogP contribution in [0.4, 0.5) is 0 Å². The third kappa shape index (κ3) is 2.58. The number of rotatable bonds is 3. The minimum atomic E-state index is -0.0471. The Morgan fingerprint density at radius 2 is 2.07 bits per heavy atom. The van der Waals surface area contributed by atoms with E-state index in [0.717, 1.165) is 47.1 Å². The highest BCUT2D eigenvalue weighted by Crippen LogP contribution is 2.35. The standard InChI is InChI=1S/C23H23N3O2/c1-26-20-13-15(28-2)11-10-14(20)12-21(26)23(27)25-19-9-5-7-17-16-6-3-4-8-18(16)24-22(17)19/h3-4,6,8,10-13,19,24H,5,7,9H2,1-2H3,(H,25,27)/t19-/m1/s1. The fourth-order valence-corrected chi connectivity index (χ4v) is 4.45. The molecule has 0 saturated heterocycles. The summed E-state index contributed by atoms with van der Waals surface area (Å²) in [6.07, 6.45) is 3.08. The van der Waals surface area contributed by atoms with Gasteiger partial charge in [-0.3, -0.25) is 4.79 Å². The lowest BCUT2D eigenvalue weighted by Gasteiger charge is -2.24. The van der Waals surface area contributed by atoms with Crippen LogP contribution < -0.4 is 10.1 Å². The lowest BCUT2D eigenvalue weighted by atomic mass is 9.91. The number of aromatic amines is 1. The topological polar surface area (TPSA) is 59.0 Å². The van der Waals surface area contributed by atoms with Gasteiger partial charge in [-0.1, -0.05) is 18.2 Å². The molecule has 2 heterocycles. The molecule has 0 spiro atoms. The first kappa shape index (κ1) is 16.9. The van der Waals surface area contributed by atoms with E-state index >= 15 is 0 Å². The average molecular weight is 373 g/mol. The molecule has 2 aromatic carbocycles. The highest BCUT2D eigenvalue weighted by Gasteiger charge is 2.26. The van der Waals surface area contributed by atoms with E-state index in [2.05, 4.69) is 28.5 Å². The van der Waals surface area contributed by atoms with Gasteiger partial charge < -0.3 is 19.6 Å². The second-order valence-corrected chi connectivity index (χ2v) is 7.49. The monoisotopic (exact) mass is 373 g/mol. The summed E-state index contributed by atoms with van der Waals surface area (Å²) in [5, 5.41) is 5.56. The first-order valence-corrected chi connectivity index (χ1v) is 9.69. The predicted molar refractivity (Wildman–Crippen MR) is 111 cm³/mol. The Labute approximate surface area is 163 Å². The molecule has 2 N–H and O–H groups in total. The number of aryl methyl sites for hydroxylation is 2. The van der Waals surface area contributed by atoms with E-state index in [1.807, 2.05) is 41.9 Å². The van der Waals surface area contributed by atoms with Gasteiger partial charge in [0.15, 0.2) is 0 Å². The number of carbonyl (C=O) groups is 1. The van der Waals surface area contributed by atoms with Crippen LogP contribution in [0.3, 0.4) is 0 Å². The Bertz CT molecular complexity index is 1200. The Balaban J connectivity index is 1.48. The summed E-state index contributed by atoms with van der Waals surface area (Å²) in [5.41, 5.74) is 5.28. The van der Waals surface area contributed by atoms with E-state index in [0.29, 0.717) is 5.69 Å². The van der Waals surface area contributed by atoms with Gasteiger partial charge in [-0.25, -0.2) is 0 Å². The molecule has 0 bridgehead atoms. The molecule has 0 radical (unpaired) electrons. The van der Waals surface area contributed by atoms with Crippen molar-refractivity contribution in [2.45, 2.75) is 25.3 Å². The first-order valence-electron chi connectivity index (χ1n) is 9.69. The smallest absolute Gasteiger partial charge is 0.268 e. The van der Waals surface area contributed by atoms with E-state index in [1.165, 1.54) is 10.9 Å². The number of ether oxygens (including phenoxy) is 1. The van der Waals surface area contributed by atoms with E-state index in [1.54, 1.807) is 7.11 Å². The molecular weight excluding hydrogens is 350 g/mol. The van der Waals surface area contributed by atoms with Crippen molar-refractivity contribution in [1.82, 2.24) is 14.9 Å². The number of aromatic nitrogens is 2. The molecule has 1 atom stereocenters. The summed E-state index contributed by atoms with van der Waals surface area (Å²) >= 11 is 0. The number of fused-ring (bicyclic) bond motifs is 4. The average Bonchev–Trinajstić information content (AvgIpc) is 3.26. The number of hydrogen-bond acceptors (Lipinski definition) is 2. The largest absolute Gasteiger partial charge is 0.497 e. The molecule has 5 rings (SSSR count). The number of nitrogens with zero attached hydrogens (tertiary/aromatic N) is 1. The number of hydrogen-bond donors (Lipinski definition) is 2. The van der Waals surface area contributed by atoms with Crippen molar-refractivity contribution in [1.29, 1.82) is 0 Å². The first-order chi connectivity index (χ1) is 13.7. The maximum Gasteiger partial charge on any atom is 0.268 e. The van der Waals surface area contributed by atoms with Crippen molar-refractivity contribution in [2.75, 3.05) is 7.11 Å². The van der Waals surface area contributed by atoms with E-state index in [9.17, 15) is 4.79 Å². The van der Waals surface area contributed by atoms with Gasteiger partial charge in [0, 0.05) is 35.1 Å². The highest BCUT2D eigenvalue weighted by atomic mass is 16.5. The molecule has 2 aromatic heterocycles. The molecule has 5 heteroatoms. The zero-order chi connectivity index (χ0) is 19.3. The van der Waals surface area contributed by atoms with E-state index in [4.69, 9.17) is 4.74 Å². The van der Waals surface area contributed by atoms with Crippen molar-refractivity contribution in [3.63, 3.8) is 0 Å². The Hall–Kier alpha value is -3.21. The summed E-state index contributed by atoms with van der Waals surface area (Å²) in [6.45, 7) is 0. The second kappa shape index (κ2) is 6.44. The third-order valence-electron chi connectivity index (χ3n) is 5.91. The van der Waals surface area contributed by atoms with Crippen molar-refractivity contribution in [3.05, 3.63) is 65.5 Å². The minimum absolute atomic E-state index is 0.0104. The Morgan fingerprint density at radius 3 is 2.93 bits per heavy atom. The lowest BCUT2D eigenvalue weighted by Crippen LogP contribution is -2.32. The predicted octanol–water partition coefficient (Wildman–Crippen LogP) is 4.48. The van der Waals surface area contributed by atoms with Crippen molar-refractivity contribution in [3.8, 4) is 5.75 Å². The van der Waals surface area contributed by atoms with Gasteiger partial charge in [-0.2, -0.15) is 0 Å². The zero-order valence-corrected chi connectivity index (χ0v) is 16.1. The Kier molecular flexibility index (Phi) is 3.90. The normalized spacial score (nSPS) is 16.3. The number of methoxy groups -OCH3 is 1. The van der Waals surface area contributed by atoms with Gasteiger partial charge in [-0.05, 0) is 49.1 Å². The number of amides is 1. The van der Waals surface area contributed by atoms with Gasteiger partial charge in [0.2, 0.25) is 0 Å². The molecule has 142 valence electrons. The molecule has 1 amide bonds. The van der Waals surface area contributed by atoms with Crippen molar-refractivity contribution < 1.29 is 9.53 Å². The number of nitrogens with one attached hydrogen (secondary N) is 2. The number of para-hydroxylation sites is 1. The third-order valence-corrected chi connectivity index (χ3v) is 5.91. The molecule has 0 unspecified atom stereocenters. The van der Waals surface area contributed by atoms with Crippen molar-refractivity contribution >= 4 is 27.7 Å². The maximum atomic E-state index is 13.1. The summed E-state index contributed by atoms with van der Waals surface area (Å²) < 4.78 is 7.25. The summed E-state index contributed by atoms with van der Waals surface area (Å²) in [7, 11) is 3.57. The highest BCUT2D eigenvalue weighted by molar-refractivity contribution is 5.99. The maximum absolute atomic E-state index is 13.1. The number of H-pyrrole nitrogens is 1. The molecule has 28 heavy (non-hydrogen) atoms. The molecule has 1 aliphatic carbocycles. The summed E-state index contributed by atoms with van der Waals surface area (Å²) in [4.78, 5) is 16.6. The van der Waals surface area contributed by atoms with Crippen LogP contribution in [0, 0.1) is 0 Å². The lowest BCUT2D eigenvalue weighted by molar-refractivity contribution is 0.0924. The number of benzene rings is 2. The van der Waals surface area contributed by atoms with Crippen LogP contribution in [-0.4, -0.2) is 22.6 Å². The van der Waals surface area contributed by atoms with Crippen LogP contribution in [-0.2, 0) is 13.5 Å². The fraction of sp³-hybridized carbons (Fsp3) is 0.261. The molecular formula is C23H23N3O2. The molecule has 5 nitrogen and oxygen atoms in total. The Morgan fingerprint density at radius 1 is 1.21 bits per heavy atom. The SMILES string of the molecule is COc1ccc2cc(C(=O)N[C@@H]3CCCc4c3[nH]c3ccccc43)n(C)c2c1. The van der Waals surface area contributed by atoms with Gasteiger partial charge in [0.05, 0.1) is 18.7 Å². The van der Waals surface area contributed by atoms with Gasteiger partial charge >= 0.3 is 0 Å². The van der Waals surface area contributed by atoms with Crippen LogP contribution in [0.2, 0.25) is 0 Å². The molecule has 0 fully saturated rings. The molecule has 0 aliphatic heterocycles. The van der Waals surface area contributed by atoms with Crippen LogP contribution in [0.1, 0.15) is 40.6 Å². The van der Waals surface area contributed by atoms with Crippen LogP contribution in [0.5, 0.6) is 5.75 Å². The molecule has 1 aliphatic rings. The van der Waals surface area contributed by atoms with Gasteiger partial charge in [-0.15, -0.1) is 0 Å². The van der Waals surface area contributed by atoms with E-state index in [-0.39, 0.29) is 11.9 Å². The number of carbonyl (C=O) groups excluding carboxylic acids is 1. The summed E-state index contributed by atoms with van der Waals surface area (Å²) in [5.74, 6) is 0.741. The molecule has 4 aromatic rings. The quantitative estimate of drug-likeness (QED) is 0.556. The van der Waals surface area contributed by atoms with Gasteiger partial charge in [0.25, 0.3) is 5.91 Å². The minimum Gasteiger partial charge on any atom is -0.497 e. The summed E-state index contributed by atoms with van der Waals surface area (Å²) in [6, 6.07) is 16.2. The fourth-order valence-electron chi connectivity index (χ4n) is 4.45. The zero-order valence-electron chi connectivity index (χ0n) is 16.1. The van der Waals surface area contributed by atoms with Crippen LogP contribution >= 0.6 is 0 Å².